The van der Waals surface area contributed by atoms with Gasteiger partial charge in [0.2, 0.25) is 5.95 Å². The zero-order valence-electron chi connectivity index (χ0n) is 44.4. The van der Waals surface area contributed by atoms with E-state index < -0.39 is 5.95 Å². The molecule has 6 heterocycles. The summed E-state index contributed by atoms with van der Waals surface area (Å²) in [6, 6.07) is 19.7. The smallest absolute Gasteiger partial charge is 0.216 e. The summed E-state index contributed by atoms with van der Waals surface area (Å²) < 4.78 is 13.5. The van der Waals surface area contributed by atoms with Gasteiger partial charge in [-0.2, -0.15) is 4.39 Å². The van der Waals surface area contributed by atoms with E-state index in [0.717, 1.165) is 50.4 Å². The fraction of sp³-hybridized carbons (Fsp3) is 0.509. The van der Waals surface area contributed by atoms with Crippen molar-refractivity contribution >= 4 is 15.9 Å². The van der Waals surface area contributed by atoms with Crippen LogP contribution < -0.4 is 0 Å². The fourth-order valence-corrected chi connectivity index (χ4v) is 6.19. The van der Waals surface area contributed by atoms with Crippen LogP contribution in [0.1, 0.15) is 182 Å². The molecule has 0 unspecified atom stereocenters. The van der Waals surface area contributed by atoms with Crippen molar-refractivity contribution in [3.05, 3.63) is 159 Å². The number of nitrogens with zero attached hydrogens (tertiary/aromatic N) is 9. The normalized spacial score (nSPS) is 11.6. The fourth-order valence-electron chi connectivity index (χ4n) is 5.35. The monoisotopic (exact) mass is 966 g/mol. The van der Waals surface area contributed by atoms with Crippen molar-refractivity contribution in [2.24, 2.45) is 0 Å². The number of rotatable bonds is 0. The Kier molecular flexibility index (Phi) is 22.7. The van der Waals surface area contributed by atoms with Crippen molar-refractivity contribution < 1.29 is 4.39 Å². The van der Waals surface area contributed by atoms with Gasteiger partial charge in [-0.05, 0) is 108 Å². The van der Waals surface area contributed by atoms with Crippen LogP contribution in [0.2, 0.25) is 0 Å². The molecule has 9 nitrogen and oxygen atoms in total. The van der Waals surface area contributed by atoms with Crippen molar-refractivity contribution in [2.45, 2.75) is 185 Å². The first-order chi connectivity index (χ1) is 30.0. The quantitative estimate of drug-likeness (QED) is 0.108. The van der Waals surface area contributed by atoms with Crippen LogP contribution in [0.5, 0.6) is 0 Å². The van der Waals surface area contributed by atoms with Crippen LogP contribution >= 0.6 is 15.9 Å². The molecule has 0 aliphatic carbocycles. The van der Waals surface area contributed by atoms with E-state index >= 15 is 0 Å². The minimum absolute atomic E-state index is 0.0615. The molecule has 0 aliphatic heterocycles. The molecule has 0 saturated carbocycles. The lowest BCUT2D eigenvalue weighted by molar-refractivity contribution is 0.532. The highest BCUT2D eigenvalue weighted by Crippen LogP contribution is 2.27. The van der Waals surface area contributed by atoms with Crippen molar-refractivity contribution in [2.75, 3.05) is 0 Å². The summed E-state index contributed by atoms with van der Waals surface area (Å²) in [7, 11) is 0. The second-order valence-electron chi connectivity index (χ2n) is 22.4. The third kappa shape index (κ3) is 23.5. The highest BCUT2D eigenvalue weighted by molar-refractivity contribution is 9.10. The average molecular weight is 967 g/mol. The molecule has 360 valence electrons. The molecule has 6 rings (SSSR count). The topological polar surface area (TPSA) is 116 Å². The van der Waals surface area contributed by atoms with Gasteiger partial charge in [-0.15, -0.1) is 0 Å². The third-order valence-corrected chi connectivity index (χ3v) is 10.0. The molecule has 0 aromatic carbocycles. The Morgan fingerprint density at radius 2 is 0.955 bits per heavy atom. The summed E-state index contributed by atoms with van der Waals surface area (Å²) in [5.74, 6) is 1.29. The van der Waals surface area contributed by atoms with Crippen LogP contribution in [0, 0.1) is 33.6 Å². The molecule has 6 aromatic rings. The van der Waals surface area contributed by atoms with Gasteiger partial charge < -0.3 is 0 Å². The highest BCUT2D eigenvalue weighted by atomic mass is 79.9. The molecule has 6 aromatic heterocycles. The SMILES string of the molecule is CC(C)(C)c1cc(F)ncn1.CC(C)(C)c1cccnc1Br.Cc1cc(C(C)(C)C)ccn1.Cc1cccc(C(C)(C)C)n1.Cc1ccnc(C(C)(C)C)n1.Cc1nccc(C(C)(C)C)n1. The molecular formula is C55H81BrFN9. The van der Waals surface area contributed by atoms with E-state index in [1.165, 1.54) is 23.5 Å². The first-order valence-corrected chi connectivity index (χ1v) is 23.4. The Hall–Kier alpha value is -4.90. The zero-order valence-corrected chi connectivity index (χ0v) is 46.0. The Bertz CT molecular complexity index is 2030. The van der Waals surface area contributed by atoms with E-state index in [2.05, 4.69) is 195 Å². The van der Waals surface area contributed by atoms with E-state index in [4.69, 9.17) is 0 Å². The third-order valence-electron chi connectivity index (χ3n) is 9.40. The summed E-state index contributed by atoms with van der Waals surface area (Å²) in [6.45, 7) is 46.3. The van der Waals surface area contributed by atoms with E-state index in [1.54, 1.807) is 6.20 Å². The van der Waals surface area contributed by atoms with Gasteiger partial charge in [-0.3, -0.25) is 9.97 Å². The maximum absolute atomic E-state index is 12.5. The van der Waals surface area contributed by atoms with Crippen molar-refractivity contribution in [3.63, 3.8) is 0 Å². The lowest BCUT2D eigenvalue weighted by Crippen LogP contribution is -2.15. The van der Waals surface area contributed by atoms with Crippen molar-refractivity contribution in [1.29, 1.82) is 0 Å². The van der Waals surface area contributed by atoms with Gasteiger partial charge in [-0.25, -0.2) is 34.9 Å². The van der Waals surface area contributed by atoms with Crippen LogP contribution in [0.25, 0.3) is 0 Å². The molecule has 0 atom stereocenters. The predicted molar refractivity (Wildman–Crippen MR) is 278 cm³/mol. The van der Waals surface area contributed by atoms with E-state index in [1.807, 2.05) is 91.3 Å². The van der Waals surface area contributed by atoms with Gasteiger partial charge in [0.1, 0.15) is 22.6 Å². The Balaban J connectivity index is 0.000000396. The van der Waals surface area contributed by atoms with E-state index in [-0.39, 0.29) is 32.5 Å². The zero-order chi connectivity index (χ0) is 50.9. The average Bonchev–Trinajstić information content (AvgIpc) is 3.17. The largest absolute Gasteiger partial charge is 0.262 e. The van der Waals surface area contributed by atoms with Crippen LogP contribution in [-0.2, 0) is 32.5 Å². The Morgan fingerprint density at radius 1 is 0.409 bits per heavy atom. The molecule has 0 spiro atoms. The van der Waals surface area contributed by atoms with Gasteiger partial charge in [0, 0.05) is 81.0 Å². The Morgan fingerprint density at radius 3 is 1.32 bits per heavy atom. The molecule has 0 radical (unpaired) electrons. The summed E-state index contributed by atoms with van der Waals surface area (Å²) in [4.78, 5) is 37.0. The van der Waals surface area contributed by atoms with Gasteiger partial charge in [-0.1, -0.05) is 137 Å². The van der Waals surface area contributed by atoms with Gasteiger partial charge in [0.25, 0.3) is 0 Å². The summed E-state index contributed by atoms with van der Waals surface area (Å²) >= 11 is 3.42. The van der Waals surface area contributed by atoms with Crippen LogP contribution in [-0.4, -0.2) is 44.9 Å². The van der Waals surface area contributed by atoms with Crippen molar-refractivity contribution in [1.82, 2.24) is 44.9 Å². The standard InChI is InChI=1S/2C10H15N.C9H12BrN.2C9H14N2.C8H11FN2/c1-8-7-9(5-6-11-8)10(2,3)4;1-8-6-5-7-9(11-8)10(2,3)4;1-9(2,3)7-5-4-6-11-8(7)10;1-7-10-6-5-8(11-7)9(2,3)4;1-7-5-6-10-8(11-7)9(2,3)4;1-8(2,3)6-4-7(9)11-5-10-6/h2*5-7H,1-4H3;4-6H,1-3H3;2*5-6H,1-4H3;4-5H,1-3H3. The lowest BCUT2D eigenvalue weighted by atomic mass is 9.87. The number of halogens is 2. The second-order valence-corrected chi connectivity index (χ2v) is 23.2. The highest BCUT2D eigenvalue weighted by Gasteiger charge is 2.19. The summed E-state index contributed by atoms with van der Waals surface area (Å²) in [5, 5.41) is 0. The first kappa shape index (κ1) is 59.1. The number of hydrogen-bond donors (Lipinski definition) is 0. The number of hydrogen-bond acceptors (Lipinski definition) is 9. The maximum atomic E-state index is 12.5. The van der Waals surface area contributed by atoms with Crippen LogP contribution in [0.15, 0.2) is 96.4 Å². The Labute approximate surface area is 407 Å². The first-order valence-electron chi connectivity index (χ1n) is 22.6. The molecule has 66 heavy (non-hydrogen) atoms. The van der Waals surface area contributed by atoms with Gasteiger partial charge in [0.15, 0.2) is 0 Å². The summed E-state index contributed by atoms with van der Waals surface area (Å²) in [5.41, 5.74) is 9.49. The molecule has 0 amide bonds. The molecule has 0 fully saturated rings. The molecular weight excluding hydrogens is 886 g/mol. The predicted octanol–water partition coefficient (Wildman–Crippen LogP) is 14.6. The number of pyridine rings is 3. The lowest BCUT2D eigenvalue weighted by Gasteiger charge is -2.19. The molecule has 11 heteroatoms. The molecule has 0 aliphatic rings. The molecule has 0 saturated heterocycles. The number of aromatic nitrogens is 9. The minimum Gasteiger partial charge on any atom is -0.262 e. The van der Waals surface area contributed by atoms with E-state index in [0.29, 0.717) is 0 Å². The van der Waals surface area contributed by atoms with Gasteiger partial charge in [0.05, 0.1) is 5.69 Å². The maximum Gasteiger partial charge on any atom is 0.216 e. The van der Waals surface area contributed by atoms with Crippen molar-refractivity contribution in [3.8, 4) is 0 Å². The minimum atomic E-state index is -0.468. The van der Waals surface area contributed by atoms with Crippen LogP contribution in [0.3, 0.4) is 0 Å². The second kappa shape index (κ2) is 25.3. The number of aryl methyl sites for hydroxylation is 4. The van der Waals surface area contributed by atoms with Crippen LogP contribution in [0.4, 0.5) is 4.39 Å². The molecule has 0 bridgehead atoms. The van der Waals surface area contributed by atoms with E-state index in [9.17, 15) is 4.39 Å². The summed E-state index contributed by atoms with van der Waals surface area (Å²) in [6.07, 6.45) is 8.52. The van der Waals surface area contributed by atoms with Gasteiger partial charge >= 0.3 is 0 Å². The molecule has 0 N–H and O–H groups in total.